The van der Waals surface area contributed by atoms with Crippen LogP contribution in [0.3, 0.4) is 0 Å². The minimum atomic E-state index is -0.692. The second-order valence-electron chi connectivity index (χ2n) is 11.1. The molecule has 8 rings (SSSR count). The fourth-order valence-corrected chi connectivity index (χ4v) is 6.55. The van der Waals surface area contributed by atoms with Gasteiger partial charge in [-0.05, 0) is 85.5 Å². The van der Waals surface area contributed by atoms with Crippen molar-refractivity contribution in [3.63, 3.8) is 0 Å². The average molecular weight is 502 g/mol. The van der Waals surface area contributed by atoms with Gasteiger partial charge < -0.3 is 19.7 Å². The number of rotatable bonds is 10. The third-order valence-corrected chi connectivity index (χ3v) is 8.85. The Kier molecular flexibility index (Phi) is 4.78. The van der Waals surface area contributed by atoms with Crippen LogP contribution in [0.2, 0.25) is 0 Å². The van der Waals surface area contributed by atoms with E-state index in [1.54, 1.807) is 12.1 Å². The Hall–Kier alpha value is -3.45. The SMILES string of the molecule is Cc1nc(OCCCC2(O)CC2)ccc1-c1ccc(F)c(COc2ccc3c(c2)C2C4C3C24C(=O)O)c1. The number of pyridine rings is 1. The molecule has 5 aliphatic rings. The molecule has 0 aliphatic heterocycles. The van der Waals surface area contributed by atoms with Gasteiger partial charge in [0, 0.05) is 34.7 Å². The number of ether oxygens (including phenoxy) is 2. The lowest BCUT2D eigenvalue weighted by Gasteiger charge is -2.13. The molecule has 37 heavy (non-hydrogen) atoms. The van der Waals surface area contributed by atoms with Crippen LogP contribution in [0.4, 0.5) is 4.39 Å². The molecular weight excluding hydrogens is 473 g/mol. The smallest absolute Gasteiger partial charge is 0.311 e. The van der Waals surface area contributed by atoms with E-state index < -0.39 is 17.0 Å². The monoisotopic (exact) mass is 501 g/mol. The number of carboxylic acid groups (broad SMARTS) is 1. The van der Waals surface area contributed by atoms with E-state index in [0.717, 1.165) is 53.6 Å². The van der Waals surface area contributed by atoms with Crippen LogP contribution in [0.25, 0.3) is 11.1 Å². The summed E-state index contributed by atoms with van der Waals surface area (Å²) in [6.07, 6.45) is 3.30. The largest absolute Gasteiger partial charge is 0.489 e. The molecule has 0 saturated heterocycles. The van der Waals surface area contributed by atoms with E-state index in [2.05, 4.69) is 4.98 Å². The predicted octanol–water partition coefficient (Wildman–Crippen LogP) is 5.35. The van der Waals surface area contributed by atoms with Gasteiger partial charge in [-0.2, -0.15) is 0 Å². The maximum atomic E-state index is 14.6. The number of aryl methyl sites for hydroxylation is 1. The Morgan fingerprint density at radius 1 is 1.08 bits per heavy atom. The van der Waals surface area contributed by atoms with Gasteiger partial charge in [0.2, 0.25) is 5.88 Å². The molecule has 190 valence electrons. The molecule has 2 aromatic carbocycles. The standard InChI is InChI=1S/C30H28FNO5/c1-16-20(6-8-24(32-16)36-12-2-9-29(35)10-11-29)17-3-7-23(31)18(13-17)15-37-19-4-5-21-22(14-19)26-27-25(21)30(26,27)28(33)34/h3-8,13-14,25-27,35H,2,9-12,15H2,1H3,(H,33,34). The third-order valence-electron chi connectivity index (χ3n) is 8.85. The molecule has 1 aromatic heterocycles. The molecule has 0 amide bonds. The molecular formula is C30H28FNO5. The maximum absolute atomic E-state index is 14.6. The van der Waals surface area contributed by atoms with E-state index in [1.807, 2.05) is 37.3 Å². The Labute approximate surface area is 214 Å². The van der Waals surface area contributed by atoms with Crippen molar-refractivity contribution in [2.75, 3.05) is 6.61 Å². The van der Waals surface area contributed by atoms with Gasteiger partial charge in [0.1, 0.15) is 18.2 Å². The van der Waals surface area contributed by atoms with E-state index >= 15 is 0 Å². The van der Waals surface area contributed by atoms with Crippen molar-refractivity contribution in [3.8, 4) is 22.8 Å². The lowest BCUT2D eigenvalue weighted by atomic mass is 10.0. The summed E-state index contributed by atoms with van der Waals surface area (Å²) >= 11 is 0. The molecule has 4 unspecified atom stereocenters. The second kappa shape index (κ2) is 7.78. The van der Waals surface area contributed by atoms with Crippen LogP contribution in [-0.4, -0.2) is 33.4 Å². The summed E-state index contributed by atoms with van der Waals surface area (Å²) < 4.78 is 26.4. The molecule has 2 N–H and O–H groups in total. The molecule has 6 nitrogen and oxygen atoms in total. The zero-order valence-electron chi connectivity index (χ0n) is 20.5. The Morgan fingerprint density at radius 3 is 2.62 bits per heavy atom. The molecule has 3 saturated carbocycles. The Bertz CT molecular complexity index is 1450. The number of aliphatic hydroxyl groups is 1. The molecule has 3 fully saturated rings. The predicted molar refractivity (Wildman–Crippen MR) is 133 cm³/mol. The van der Waals surface area contributed by atoms with Gasteiger partial charge in [0.05, 0.1) is 17.6 Å². The quantitative estimate of drug-likeness (QED) is 0.364. The highest BCUT2D eigenvalue weighted by molar-refractivity contribution is 5.94. The zero-order valence-corrected chi connectivity index (χ0v) is 20.5. The number of nitrogens with zero attached hydrogens (tertiary/aromatic N) is 1. The fraction of sp³-hybridized carbons (Fsp3) is 0.400. The highest BCUT2D eigenvalue weighted by Crippen LogP contribution is 2.96. The van der Waals surface area contributed by atoms with Crippen molar-refractivity contribution in [3.05, 3.63) is 76.7 Å². The lowest BCUT2D eigenvalue weighted by Crippen LogP contribution is -2.09. The maximum Gasteiger partial charge on any atom is 0.311 e. The van der Waals surface area contributed by atoms with Crippen molar-refractivity contribution < 1.29 is 28.9 Å². The summed E-state index contributed by atoms with van der Waals surface area (Å²) in [5.41, 5.74) is 4.15. The minimum Gasteiger partial charge on any atom is -0.489 e. The Morgan fingerprint density at radius 2 is 1.89 bits per heavy atom. The zero-order chi connectivity index (χ0) is 25.5. The highest BCUT2D eigenvalue weighted by Gasteiger charge is 2.95. The summed E-state index contributed by atoms with van der Waals surface area (Å²) in [6.45, 7) is 2.48. The number of halogens is 1. The summed E-state index contributed by atoms with van der Waals surface area (Å²) in [4.78, 5) is 16.2. The summed E-state index contributed by atoms with van der Waals surface area (Å²) in [5.74, 6) is 0.665. The number of benzene rings is 2. The van der Waals surface area contributed by atoms with E-state index in [9.17, 15) is 19.4 Å². The van der Waals surface area contributed by atoms with Gasteiger partial charge in [-0.3, -0.25) is 4.79 Å². The summed E-state index contributed by atoms with van der Waals surface area (Å²) in [5, 5.41) is 19.5. The molecule has 0 radical (unpaired) electrons. The number of aromatic nitrogens is 1. The van der Waals surface area contributed by atoms with Gasteiger partial charge in [-0.25, -0.2) is 9.37 Å². The second-order valence-corrected chi connectivity index (χ2v) is 11.1. The van der Waals surface area contributed by atoms with Crippen LogP contribution in [-0.2, 0) is 11.4 Å². The number of hydrogen-bond acceptors (Lipinski definition) is 5. The van der Waals surface area contributed by atoms with E-state index in [0.29, 0.717) is 23.8 Å². The first kappa shape index (κ1) is 22.7. The van der Waals surface area contributed by atoms with Crippen LogP contribution < -0.4 is 9.47 Å². The number of carboxylic acids is 1. The van der Waals surface area contributed by atoms with Crippen LogP contribution in [0.15, 0.2) is 48.5 Å². The highest BCUT2D eigenvalue weighted by atomic mass is 19.1. The van der Waals surface area contributed by atoms with Crippen molar-refractivity contribution in [1.29, 1.82) is 0 Å². The van der Waals surface area contributed by atoms with E-state index in [1.165, 1.54) is 6.07 Å². The van der Waals surface area contributed by atoms with Crippen molar-refractivity contribution in [2.45, 2.75) is 56.7 Å². The molecule has 4 atom stereocenters. The van der Waals surface area contributed by atoms with Gasteiger partial charge in [-0.1, -0.05) is 12.1 Å². The van der Waals surface area contributed by atoms with Crippen LogP contribution in [0.5, 0.6) is 11.6 Å². The number of aliphatic carboxylic acids is 1. The first-order chi connectivity index (χ1) is 17.8. The van der Waals surface area contributed by atoms with Crippen molar-refractivity contribution >= 4 is 5.97 Å². The minimum absolute atomic E-state index is 0.0695. The molecule has 1 heterocycles. The van der Waals surface area contributed by atoms with Crippen LogP contribution in [0, 0.1) is 24.1 Å². The molecule has 5 aliphatic carbocycles. The number of hydrogen-bond donors (Lipinski definition) is 2. The molecule has 3 aromatic rings. The van der Waals surface area contributed by atoms with Gasteiger partial charge in [0.25, 0.3) is 0 Å². The van der Waals surface area contributed by atoms with Crippen LogP contribution >= 0.6 is 0 Å². The Balaban J connectivity index is 1.02. The summed E-state index contributed by atoms with van der Waals surface area (Å²) in [6, 6.07) is 14.5. The average Bonchev–Trinajstić information content (AvgIpc) is 3.81. The lowest BCUT2D eigenvalue weighted by molar-refractivity contribution is -0.141. The van der Waals surface area contributed by atoms with Gasteiger partial charge >= 0.3 is 5.97 Å². The fourth-order valence-electron chi connectivity index (χ4n) is 6.55. The number of carbonyl (C=O) groups is 1. The van der Waals surface area contributed by atoms with Crippen molar-refractivity contribution in [1.82, 2.24) is 4.98 Å². The topological polar surface area (TPSA) is 88.9 Å². The molecule has 7 heteroatoms. The van der Waals surface area contributed by atoms with Crippen LogP contribution in [0.1, 0.15) is 59.9 Å². The first-order valence-electron chi connectivity index (χ1n) is 12.9. The third kappa shape index (κ3) is 3.47. The summed E-state index contributed by atoms with van der Waals surface area (Å²) in [7, 11) is 0. The molecule has 2 bridgehead atoms. The normalized spacial score (nSPS) is 26.7. The first-order valence-corrected chi connectivity index (χ1v) is 12.9. The van der Waals surface area contributed by atoms with E-state index in [4.69, 9.17) is 9.47 Å². The van der Waals surface area contributed by atoms with Gasteiger partial charge in [0.15, 0.2) is 0 Å². The van der Waals surface area contributed by atoms with Crippen molar-refractivity contribution in [2.24, 2.45) is 11.3 Å². The van der Waals surface area contributed by atoms with Gasteiger partial charge in [-0.15, -0.1) is 0 Å². The van der Waals surface area contributed by atoms with E-state index in [-0.39, 0.29) is 30.2 Å². The molecule has 0 spiro atoms.